The summed E-state index contributed by atoms with van der Waals surface area (Å²) in [5, 5.41) is 14.4. The molecule has 3 nitrogen and oxygen atoms in total. The van der Waals surface area contributed by atoms with Crippen molar-refractivity contribution in [2.24, 2.45) is 0 Å². The third-order valence-electron chi connectivity index (χ3n) is 1.58. The fourth-order valence-electron chi connectivity index (χ4n) is 0.966. The number of rotatable bonds is 1. The van der Waals surface area contributed by atoms with Crippen molar-refractivity contribution in [1.82, 2.24) is 10.2 Å². The summed E-state index contributed by atoms with van der Waals surface area (Å²) in [7, 11) is 0. The summed E-state index contributed by atoms with van der Waals surface area (Å²) in [5.41, 5.74) is -2.79. The Balaban J connectivity index is 3.19. The molecule has 0 unspecified atom stereocenters. The first-order valence-corrected chi connectivity index (χ1v) is 3.56. The fourth-order valence-corrected chi connectivity index (χ4v) is 0.966. The van der Waals surface area contributed by atoms with Crippen LogP contribution in [0.1, 0.15) is 25.1 Å². The third kappa shape index (κ3) is 2.00. The molecule has 2 N–H and O–H groups in total. The Labute approximate surface area is 72.6 Å². The number of hydrogen-bond donors (Lipinski definition) is 2. The van der Waals surface area contributed by atoms with Crippen molar-refractivity contribution < 1.29 is 18.3 Å². The number of aromatic nitrogens is 2. The van der Waals surface area contributed by atoms with Gasteiger partial charge in [0.25, 0.3) is 0 Å². The largest absolute Gasteiger partial charge is 0.433 e. The van der Waals surface area contributed by atoms with Gasteiger partial charge in [-0.05, 0) is 13.8 Å². The van der Waals surface area contributed by atoms with Crippen LogP contribution in [0.3, 0.4) is 0 Å². The standard InChI is InChI=1S/C7H9F3N2O/c1-6(2,13)4-3-11-12-5(4)7(8,9)10/h3,13H,1-2H3,(H,11,12). The average Bonchev–Trinajstić information content (AvgIpc) is 2.27. The molecular formula is C7H9F3N2O. The maximum absolute atomic E-state index is 12.2. The van der Waals surface area contributed by atoms with Crippen molar-refractivity contribution in [3.05, 3.63) is 17.5 Å². The number of nitrogens with one attached hydrogen (secondary N) is 1. The van der Waals surface area contributed by atoms with Crippen LogP contribution in [0, 0.1) is 0 Å². The molecule has 0 amide bonds. The summed E-state index contributed by atoms with van der Waals surface area (Å²) < 4.78 is 36.7. The van der Waals surface area contributed by atoms with Gasteiger partial charge in [-0.15, -0.1) is 0 Å². The van der Waals surface area contributed by atoms with E-state index in [1.807, 2.05) is 5.10 Å². The Hall–Kier alpha value is -1.04. The van der Waals surface area contributed by atoms with Crippen LogP contribution in [0.5, 0.6) is 0 Å². The molecule has 74 valence electrons. The molecule has 0 aliphatic heterocycles. The molecule has 0 radical (unpaired) electrons. The van der Waals surface area contributed by atoms with Gasteiger partial charge in [0.2, 0.25) is 0 Å². The van der Waals surface area contributed by atoms with Gasteiger partial charge in [-0.1, -0.05) is 0 Å². The molecule has 0 fully saturated rings. The number of H-pyrrole nitrogens is 1. The van der Waals surface area contributed by atoms with E-state index < -0.39 is 17.5 Å². The van der Waals surface area contributed by atoms with E-state index in [0.29, 0.717) is 0 Å². The zero-order valence-electron chi connectivity index (χ0n) is 7.11. The molecule has 0 atom stereocenters. The predicted molar refractivity (Wildman–Crippen MR) is 38.8 cm³/mol. The zero-order chi connectivity index (χ0) is 10.3. The van der Waals surface area contributed by atoms with Gasteiger partial charge in [0, 0.05) is 5.56 Å². The first-order chi connectivity index (χ1) is 5.73. The molecule has 1 aromatic rings. The molecule has 1 aromatic heterocycles. The SMILES string of the molecule is CC(C)(O)c1cn[nH]c1C(F)(F)F. The molecule has 6 heteroatoms. The second kappa shape index (κ2) is 2.73. The van der Waals surface area contributed by atoms with Crippen molar-refractivity contribution in [1.29, 1.82) is 0 Å². The average molecular weight is 194 g/mol. The van der Waals surface area contributed by atoms with E-state index in [1.54, 1.807) is 0 Å². The number of aromatic amines is 1. The van der Waals surface area contributed by atoms with Gasteiger partial charge in [-0.2, -0.15) is 18.3 Å². The summed E-state index contributed by atoms with van der Waals surface area (Å²) in [5.74, 6) is 0. The zero-order valence-corrected chi connectivity index (χ0v) is 7.11. The summed E-state index contributed by atoms with van der Waals surface area (Å²) in [6, 6.07) is 0. The lowest BCUT2D eigenvalue weighted by Crippen LogP contribution is -2.20. The highest BCUT2D eigenvalue weighted by molar-refractivity contribution is 5.24. The van der Waals surface area contributed by atoms with Crippen LogP contribution >= 0.6 is 0 Å². The van der Waals surface area contributed by atoms with E-state index in [0.717, 1.165) is 6.20 Å². The number of hydrogen-bond acceptors (Lipinski definition) is 2. The summed E-state index contributed by atoms with van der Waals surface area (Å²) in [6.07, 6.45) is -3.53. The second-order valence-corrected chi connectivity index (χ2v) is 3.22. The van der Waals surface area contributed by atoms with E-state index in [-0.39, 0.29) is 5.56 Å². The lowest BCUT2D eigenvalue weighted by molar-refractivity contribution is -0.143. The minimum absolute atomic E-state index is 0.250. The Bertz CT molecular complexity index is 269. The Kier molecular flexibility index (Phi) is 2.11. The molecule has 0 spiro atoms. The minimum atomic E-state index is -4.51. The highest BCUT2D eigenvalue weighted by Gasteiger charge is 2.39. The number of alkyl halides is 3. The molecule has 1 heterocycles. The van der Waals surface area contributed by atoms with Crippen molar-refractivity contribution in [3.8, 4) is 0 Å². The highest BCUT2D eigenvalue weighted by Crippen LogP contribution is 2.34. The van der Waals surface area contributed by atoms with Gasteiger partial charge in [0.05, 0.1) is 11.8 Å². The van der Waals surface area contributed by atoms with E-state index in [1.165, 1.54) is 13.8 Å². The minimum Gasteiger partial charge on any atom is -0.386 e. The third-order valence-corrected chi connectivity index (χ3v) is 1.58. The van der Waals surface area contributed by atoms with Crippen molar-refractivity contribution in [3.63, 3.8) is 0 Å². The second-order valence-electron chi connectivity index (χ2n) is 3.22. The maximum Gasteiger partial charge on any atom is 0.433 e. The van der Waals surface area contributed by atoms with E-state index in [4.69, 9.17) is 0 Å². The normalized spacial score (nSPS) is 13.4. The Morgan fingerprint density at radius 1 is 1.38 bits per heavy atom. The number of halogens is 3. The monoisotopic (exact) mass is 194 g/mol. The summed E-state index contributed by atoms with van der Waals surface area (Å²) in [4.78, 5) is 0. The molecule has 0 bridgehead atoms. The molecule has 0 saturated heterocycles. The first kappa shape index (κ1) is 10.0. The van der Waals surface area contributed by atoms with Crippen LogP contribution in [0.25, 0.3) is 0 Å². The topological polar surface area (TPSA) is 48.9 Å². The van der Waals surface area contributed by atoms with Crippen LogP contribution in [0.4, 0.5) is 13.2 Å². The Morgan fingerprint density at radius 2 is 1.92 bits per heavy atom. The fraction of sp³-hybridized carbons (Fsp3) is 0.571. The predicted octanol–water partition coefficient (Wildman–Crippen LogP) is 1.66. The number of nitrogens with zero attached hydrogens (tertiary/aromatic N) is 1. The van der Waals surface area contributed by atoms with E-state index in [9.17, 15) is 18.3 Å². The first-order valence-electron chi connectivity index (χ1n) is 3.56. The lowest BCUT2D eigenvalue weighted by Gasteiger charge is -2.18. The summed E-state index contributed by atoms with van der Waals surface area (Å²) >= 11 is 0. The van der Waals surface area contributed by atoms with Gasteiger partial charge in [0.15, 0.2) is 0 Å². The van der Waals surface area contributed by atoms with Crippen molar-refractivity contribution in [2.75, 3.05) is 0 Å². The number of aliphatic hydroxyl groups is 1. The van der Waals surface area contributed by atoms with Gasteiger partial charge in [-0.3, -0.25) is 5.10 Å². The van der Waals surface area contributed by atoms with Gasteiger partial charge in [-0.25, -0.2) is 0 Å². The van der Waals surface area contributed by atoms with E-state index in [2.05, 4.69) is 5.10 Å². The molecule has 0 aliphatic carbocycles. The van der Waals surface area contributed by atoms with Crippen LogP contribution in [0.2, 0.25) is 0 Å². The van der Waals surface area contributed by atoms with Crippen LogP contribution in [-0.2, 0) is 11.8 Å². The van der Waals surface area contributed by atoms with Gasteiger partial charge < -0.3 is 5.11 Å². The van der Waals surface area contributed by atoms with Crippen molar-refractivity contribution in [2.45, 2.75) is 25.6 Å². The van der Waals surface area contributed by atoms with Gasteiger partial charge >= 0.3 is 6.18 Å². The van der Waals surface area contributed by atoms with E-state index >= 15 is 0 Å². The molecule has 0 saturated carbocycles. The molecule has 1 rings (SSSR count). The lowest BCUT2D eigenvalue weighted by atomic mass is 9.99. The van der Waals surface area contributed by atoms with Crippen LogP contribution in [0.15, 0.2) is 6.20 Å². The van der Waals surface area contributed by atoms with Crippen LogP contribution in [-0.4, -0.2) is 15.3 Å². The molecule has 0 aromatic carbocycles. The molecule has 13 heavy (non-hydrogen) atoms. The van der Waals surface area contributed by atoms with Crippen molar-refractivity contribution >= 4 is 0 Å². The maximum atomic E-state index is 12.2. The molecular weight excluding hydrogens is 185 g/mol. The highest BCUT2D eigenvalue weighted by atomic mass is 19.4. The smallest absolute Gasteiger partial charge is 0.386 e. The summed E-state index contributed by atoms with van der Waals surface area (Å²) in [6.45, 7) is 2.54. The van der Waals surface area contributed by atoms with Crippen LogP contribution < -0.4 is 0 Å². The Morgan fingerprint density at radius 3 is 2.23 bits per heavy atom. The van der Waals surface area contributed by atoms with Gasteiger partial charge in [0.1, 0.15) is 5.69 Å². The molecule has 0 aliphatic rings. The quantitative estimate of drug-likeness (QED) is 0.714.